The number of aromatic nitrogens is 1. The van der Waals surface area contributed by atoms with E-state index >= 15 is 0 Å². The van der Waals surface area contributed by atoms with Gasteiger partial charge in [-0.05, 0) is 18.6 Å². The number of hydrogen-bond acceptors (Lipinski definition) is 5. The first-order valence-electron chi connectivity index (χ1n) is 7.04. The largest absolute Gasteiger partial charge is 0.375 e. The monoisotopic (exact) mass is 288 g/mol. The Morgan fingerprint density at radius 1 is 1.10 bits per heavy atom. The van der Waals surface area contributed by atoms with Crippen molar-refractivity contribution in [1.82, 2.24) is 9.88 Å². The molecule has 2 N–H and O–H groups in total. The number of thiazole rings is 1. The fourth-order valence-corrected chi connectivity index (χ4v) is 3.25. The number of anilines is 2. The molecule has 1 fully saturated rings. The molecule has 0 aliphatic carbocycles. The molecule has 2 aromatic rings. The van der Waals surface area contributed by atoms with Gasteiger partial charge in [0.05, 0.1) is 0 Å². The van der Waals surface area contributed by atoms with E-state index in [1.807, 2.05) is 6.20 Å². The Hall–Kier alpha value is -1.59. The summed E-state index contributed by atoms with van der Waals surface area (Å²) >= 11 is 1.60. The molecule has 0 spiro atoms. The van der Waals surface area contributed by atoms with Crippen LogP contribution >= 0.6 is 11.3 Å². The molecule has 1 aromatic heterocycles. The molecule has 106 valence electrons. The Kier molecular flexibility index (Phi) is 4.18. The maximum absolute atomic E-state index is 5.66. The normalized spacial score (nSPS) is 16.5. The zero-order valence-electron chi connectivity index (χ0n) is 11.5. The highest BCUT2D eigenvalue weighted by Gasteiger charge is 2.16. The van der Waals surface area contributed by atoms with E-state index in [1.165, 1.54) is 10.6 Å². The number of nitrogens with zero attached hydrogens (tertiary/aromatic N) is 3. The molecule has 1 aromatic carbocycles. The van der Waals surface area contributed by atoms with E-state index in [9.17, 15) is 0 Å². The zero-order valence-corrected chi connectivity index (χ0v) is 12.4. The molecule has 0 unspecified atom stereocenters. The zero-order chi connectivity index (χ0) is 13.8. The van der Waals surface area contributed by atoms with Gasteiger partial charge in [-0.3, -0.25) is 4.90 Å². The molecular weight excluding hydrogens is 268 g/mol. The van der Waals surface area contributed by atoms with Crippen molar-refractivity contribution < 1.29 is 0 Å². The smallest absolute Gasteiger partial charge is 0.180 e. The minimum atomic E-state index is 0.675. The van der Waals surface area contributed by atoms with Crippen LogP contribution < -0.4 is 10.6 Å². The summed E-state index contributed by atoms with van der Waals surface area (Å²) in [4.78, 5) is 10.4. The molecule has 0 atom stereocenters. The Balaban J connectivity index is 1.47. The topological polar surface area (TPSA) is 45.4 Å². The maximum Gasteiger partial charge on any atom is 0.180 e. The summed E-state index contributed by atoms with van der Waals surface area (Å²) in [7, 11) is 0. The van der Waals surface area contributed by atoms with Crippen molar-refractivity contribution in [2.75, 3.05) is 43.4 Å². The number of benzene rings is 1. The molecule has 2 heterocycles. The van der Waals surface area contributed by atoms with Gasteiger partial charge >= 0.3 is 0 Å². The molecule has 0 saturated carbocycles. The summed E-state index contributed by atoms with van der Waals surface area (Å²) in [6.45, 7) is 5.57. The molecule has 1 aliphatic heterocycles. The average molecular weight is 288 g/mol. The number of rotatable bonds is 4. The molecule has 20 heavy (non-hydrogen) atoms. The van der Waals surface area contributed by atoms with Crippen LogP contribution in [0.2, 0.25) is 0 Å². The number of nitrogen functional groups attached to an aromatic ring is 1. The summed E-state index contributed by atoms with van der Waals surface area (Å²) in [5.74, 6) is 0. The third kappa shape index (κ3) is 3.29. The first-order chi connectivity index (χ1) is 9.81. The predicted octanol–water partition coefficient (Wildman–Crippen LogP) is 2.09. The first-order valence-corrected chi connectivity index (χ1v) is 7.85. The molecule has 0 amide bonds. The highest BCUT2D eigenvalue weighted by molar-refractivity contribution is 7.15. The average Bonchev–Trinajstić information content (AvgIpc) is 2.92. The van der Waals surface area contributed by atoms with Crippen molar-refractivity contribution in [2.45, 2.75) is 6.42 Å². The van der Waals surface area contributed by atoms with Gasteiger partial charge in [0.15, 0.2) is 5.13 Å². The molecule has 0 bridgehead atoms. The van der Waals surface area contributed by atoms with E-state index in [0.29, 0.717) is 5.13 Å². The Morgan fingerprint density at radius 2 is 1.85 bits per heavy atom. The summed E-state index contributed by atoms with van der Waals surface area (Å²) in [6, 6.07) is 10.7. The van der Waals surface area contributed by atoms with Gasteiger partial charge in [-0.2, -0.15) is 0 Å². The van der Waals surface area contributed by atoms with Gasteiger partial charge in [-0.25, -0.2) is 4.98 Å². The fourth-order valence-electron chi connectivity index (χ4n) is 2.58. The van der Waals surface area contributed by atoms with Crippen LogP contribution in [0.5, 0.6) is 0 Å². The molecule has 5 heteroatoms. The third-order valence-electron chi connectivity index (χ3n) is 3.74. The predicted molar refractivity (Wildman–Crippen MR) is 85.3 cm³/mol. The lowest BCUT2D eigenvalue weighted by atomic mass is 10.2. The Morgan fingerprint density at radius 3 is 2.50 bits per heavy atom. The maximum atomic E-state index is 5.66. The van der Waals surface area contributed by atoms with E-state index in [4.69, 9.17) is 5.73 Å². The van der Waals surface area contributed by atoms with Gasteiger partial charge in [-0.1, -0.05) is 18.2 Å². The summed E-state index contributed by atoms with van der Waals surface area (Å²) in [6.07, 6.45) is 2.96. The van der Waals surface area contributed by atoms with Crippen molar-refractivity contribution in [2.24, 2.45) is 0 Å². The van der Waals surface area contributed by atoms with Gasteiger partial charge in [0.1, 0.15) is 0 Å². The van der Waals surface area contributed by atoms with Crippen LogP contribution in [0.25, 0.3) is 0 Å². The van der Waals surface area contributed by atoms with E-state index in [0.717, 1.165) is 39.1 Å². The van der Waals surface area contributed by atoms with Gasteiger partial charge in [0.25, 0.3) is 0 Å². The van der Waals surface area contributed by atoms with Crippen LogP contribution in [-0.2, 0) is 6.42 Å². The van der Waals surface area contributed by atoms with Crippen molar-refractivity contribution in [3.63, 3.8) is 0 Å². The van der Waals surface area contributed by atoms with Gasteiger partial charge < -0.3 is 10.6 Å². The van der Waals surface area contributed by atoms with Crippen LogP contribution in [-0.4, -0.2) is 42.6 Å². The minimum absolute atomic E-state index is 0.675. The molecule has 1 saturated heterocycles. The molecule has 3 rings (SSSR count). The van der Waals surface area contributed by atoms with Crippen LogP contribution in [0.3, 0.4) is 0 Å². The van der Waals surface area contributed by atoms with Gasteiger partial charge in [-0.15, -0.1) is 11.3 Å². The Bertz CT molecular complexity index is 532. The fraction of sp³-hybridized carbons (Fsp3) is 0.400. The van der Waals surface area contributed by atoms with E-state index in [-0.39, 0.29) is 0 Å². The number of nitrogens with two attached hydrogens (primary N) is 1. The summed E-state index contributed by atoms with van der Waals surface area (Å²) in [5.41, 5.74) is 6.99. The third-order valence-corrected chi connectivity index (χ3v) is 4.63. The van der Waals surface area contributed by atoms with Gasteiger partial charge in [0, 0.05) is 49.5 Å². The minimum Gasteiger partial charge on any atom is -0.375 e. The standard InChI is InChI=1S/C15H20N4S/c16-15-17-12-14(20-15)6-7-18-8-10-19(11-9-18)13-4-2-1-3-5-13/h1-5,12H,6-11H2,(H2,16,17). The number of hydrogen-bond donors (Lipinski definition) is 1. The summed E-state index contributed by atoms with van der Waals surface area (Å²) in [5, 5.41) is 0.675. The second kappa shape index (κ2) is 6.24. The van der Waals surface area contributed by atoms with E-state index in [1.54, 1.807) is 11.3 Å². The van der Waals surface area contributed by atoms with E-state index < -0.39 is 0 Å². The van der Waals surface area contributed by atoms with Crippen LogP contribution in [0.1, 0.15) is 4.88 Å². The van der Waals surface area contributed by atoms with Crippen molar-refractivity contribution in [3.8, 4) is 0 Å². The highest BCUT2D eigenvalue weighted by atomic mass is 32.1. The lowest BCUT2D eigenvalue weighted by Gasteiger charge is -2.36. The second-order valence-corrected chi connectivity index (χ2v) is 6.23. The second-order valence-electron chi connectivity index (χ2n) is 5.08. The quantitative estimate of drug-likeness (QED) is 0.936. The molecular formula is C15H20N4S. The SMILES string of the molecule is Nc1ncc(CCN2CCN(c3ccccc3)CC2)s1. The molecule has 1 aliphatic rings. The van der Waals surface area contributed by atoms with Crippen LogP contribution in [0.15, 0.2) is 36.5 Å². The number of piperazine rings is 1. The van der Waals surface area contributed by atoms with Crippen LogP contribution in [0, 0.1) is 0 Å². The van der Waals surface area contributed by atoms with Crippen LogP contribution in [0.4, 0.5) is 10.8 Å². The van der Waals surface area contributed by atoms with Crippen molar-refractivity contribution >= 4 is 22.2 Å². The number of para-hydroxylation sites is 1. The highest BCUT2D eigenvalue weighted by Crippen LogP contribution is 2.17. The lowest BCUT2D eigenvalue weighted by molar-refractivity contribution is 0.261. The first kappa shape index (κ1) is 13.4. The van der Waals surface area contributed by atoms with E-state index in [2.05, 4.69) is 45.1 Å². The molecule has 4 nitrogen and oxygen atoms in total. The van der Waals surface area contributed by atoms with Gasteiger partial charge in [0.2, 0.25) is 0 Å². The van der Waals surface area contributed by atoms with Crippen molar-refractivity contribution in [3.05, 3.63) is 41.4 Å². The van der Waals surface area contributed by atoms with Crippen molar-refractivity contribution in [1.29, 1.82) is 0 Å². The Labute approximate surface area is 123 Å². The lowest BCUT2D eigenvalue weighted by Crippen LogP contribution is -2.46. The summed E-state index contributed by atoms with van der Waals surface area (Å²) < 4.78 is 0. The molecule has 0 radical (unpaired) electrons.